The van der Waals surface area contributed by atoms with Gasteiger partial charge in [-0.05, 0) is 25.0 Å². The van der Waals surface area contributed by atoms with Crippen LogP contribution in [0.1, 0.15) is 36.0 Å². The lowest BCUT2D eigenvalue weighted by atomic mass is 9.97. The zero-order chi connectivity index (χ0) is 17.2. The Labute approximate surface area is 151 Å². The molecule has 1 aliphatic rings. The Morgan fingerprint density at radius 1 is 1.36 bits per heavy atom. The van der Waals surface area contributed by atoms with Crippen LogP contribution in [0.5, 0.6) is 0 Å². The smallest absolute Gasteiger partial charge is 0.223 e. The number of fused-ring (bicyclic) bond motifs is 1. The Balaban J connectivity index is 1.38. The number of hydrogen-bond acceptors (Lipinski definition) is 4. The van der Waals surface area contributed by atoms with Crippen LogP contribution in [0.3, 0.4) is 0 Å². The van der Waals surface area contributed by atoms with E-state index in [1.807, 2.05) is 42.5 Å². The molecule has 0 radical (unpaired) electrons. The van der Waals surface area contributed by atoms with Crippen molar-refractivity contribution in [3.8, 4) is 0 Å². The van der Waals surface area contributed by atoms with E-state index in [0.717, 1.165) is 48.7 Å². The van der Waals surface area contributed by atoms with Crippen LogP contribution in [0.2, 0.25) is 0 Å². The largest absolute Gasteiger partial charge is 0.342 e. The van der Waals surface area contributed by atoms with Crippen molar-refractivity contribution in [3.63, 3.8) is 0 Å². The van der Waals surface area contributed by atoms with E-state index in [-0.39, 0.29) is 5.91 Å². The predicted octanol–water partition coefficient (Wildman–Crippen LogP) is 3.37. The highest BCUT2D eigenvalue weighted by Crippen LogP contribution is 2.27. The third-order valence-electron chi connectivity index (χ3n) is 4.89. The van der Waals surface area contributed by atoms with Gasteiger partial charge >= 0.3 is 0 Å². The Bertz CT molecular complexity index is 851. The number of amides is 1. The quantitative estimate of drug-likeness (QED) is 0.722. The first-order chi connectivity index (χ1) is 12.2. The summed E-state index contributed by atoms with van der Waals surface area (Å²) in [6.45, 7) is 1.64. The number of carbonyl (C=O) groups excluding carboxylic acids is 1. The van der Waals surface area contributed by atoms with Crippen molar-refractivity contribution in [3.05, 3.63) is 47.5 Å². The topological polar surface area (TPSA) is 51.0 Å². The van der Waals surface area contributed by atoms with Gasteiger partial charge in [-0.3, -0.25) is 4.79 Å². The lowest BCUT2D eigenvalue weighted by molar-refractivity contribution is -0.132. The summed E-state index contributed by atoms with van der Waals surface area (Å²) in [4.78, 5) is 23.8. The summed E-state index contributed by atoms with van der Waals surface area (Å²) in [7, 11) is 2.02. The summed E-state index contributed by atoms with van der Waals surface area (Å²) in [6, 6.07) is 8.14. The van der Waals surface area contributed by atoms with Crippen LogP contribution < -0.4 is 0 Å². The van der Waals surface area contributed by atoms with Gasteiger partial charge < -0.3 is 9.47 Å². The molecule has 4 rings (SSSR count). The Hall–Kier alpha value is -2.21. The second-order valence-electron chi connectivity index (χ2n) is 6.65. The molecule has 0 spiro atoms. The maximum atomic E-state index is 12.7. The van der Waals surface area contributed by atoms with E-state index in [1.165, 1.54) is 4.70 Å². The molecule has 3 aromatic rings. The molecule has 25 heavy (non-hydrogen) atoms. The standard InChI is InChI=1S/C19H22N4OS/c1-22-12-10-20-19(22)14-5-4-11-23(13-14)18(24)9-8-17-21-15-6-2-3-7-16(15)25-17/h2-3,6-7,10,12,14H,4-5,8-9,11,13H2,1H3/t14-/m1/s1. The minimum atomic E-state index is 0.234. The molecule has 6 heteroatoms. The van der Waals surface area contributed by atoms with Crippen molar-refractivity contribution in [2.24, 2.45) is 7.05 Å². The van der Waals surface area contributed by atoms with Gasteiger partial charge in [0.15, 0.2) is 0 Å². The van der Waals surface area contributed by atoms with Crippen molar-refractivity contribution in [2.45, 2.75) is 31.6 Å². The minimum absolute atomic E-state index is 0.234. The molecule has 0 unspecified atom stereocenters. The van der Waals surface area contributed by atoms with Crippen LogP contribution in [-0.4, -0.2) is 38.4 Å². The van der Waals surface area contributed by atoms with Crippen LogP contribution >= 0.6 is 11.3 Å². The highest BCUT2D eigenvalue weighted by atomic mass is 32.1. The summed E-state index contributed by atoms with van der Waals surface area (Å²) in [5, 5.41) is 1.05. The summed E-state index contributed by atoms with van der Waals surface area (Å²) >= 11 is 1.69. The van der Waals surface area contributed by atoms with Gasteiger partial charge in [-0.25, -0.2) is 9.97 Å². The van der Waals surface area contributed by atoms with E-state index in [4.69, 9.17) is 0 Å². The molecular weight excluding hydrogens is 332 g/mol. The van der Waals surface area contributed by atoms with Gasteiger partial charge in [-0.15, -0.1) is 11.3 Å². The van der Waals surface area contributed by atoms with Crippen LogP contribution in [-0.2, 0) is 18.3 Å². The maximum Gasteiger partial charge on any atom is 0.223 e. The number of carbonyl (C=O) groups is 1. The first kappa shape index (κ1) is 16.3. The number of thiazole rings is 1. The molecule has 2 aromatic heterocycles. The second-order valence-corrected chi connectivity index (χ2v) is 7.77. The van der Waals surface area contributed by atoms with Crippen molar-refractivity contribution in [1.29, 1.82) is 0 Å². The van der Waals surface area contributed by atoms with Gasteiger partial charge in [0.25, 0.3) is 0 Å². The number of aromatic nitrogens is 3. The number of likely N-dealkylation sites (tertiary alicyclic amines) is 1. The number of para-hydroxylation sites is 1. The van der Waals surface area contributed by atoms with Gasteiger partial charge in [0.2, 0.25) is 5.91 Å². The van der Waals surface area contributed by atoms with Crippen LogP contribution in [0, 0.1) is 0 Å². The van der Waals surface area contributed by atoms with Gasteiger partial charge in [0.05, 0.1) is 15.2 Å². The first-order valence-corrected chi connectivity index (χ1v) is 9.62. The number of piperidine rings is 1. The molecule has 1 aromatic carbocycles. The van der Waals surface area contributed by atoms with Crippen molar-refractivity contribution in [1.82, 2.24) is 19.4 Å². The third kappa shape index (κ3) is 3.44. The van der Waals surface area contributed by atoms with Crippen molar-refractivity contribution < 1.29 is 4.79 Å². The second kappa shape index (κ2) is 6.96. The van der Waals surface area contributed by atoms with Crippen molar-refractivity contribution in [2.75, 3.05) is 13.1 Å². The normalized spacial score (nSPS) is 18.0. The molecule has 130 valence electrons. The maximum absolute atomic E-state index is 12.7. The molecule has 3 heterocycles. The van der Waals surface area contributed by atoms with E-state index in [2.05, 4.69) is 20.6 Å². The van der Waals surface area contributed by atoms with E-state index in [1.54, 1.807) is 11.3 Å². The molecule has 0 aliphatic carbocycles. The molecule has 0 bridgehead atoms. The monoisotopic (exact) mass is 354 g/mol. The lowest BCUT2D eigenvalue weighted by Crippen LogP contribution is -2.39. The molecule has 0 saturated carbocycles. The SMILES string of the molecule is Cn1ccnc1[C@@H]1CCCN(C(=O)CCc2nc3ccccc3s2)C1. The zero-order valence-electron chi connectivity index (χ0n) is 14.4. The molecule has 1 atom stereocenters. The zero-order valence-corrected chi connectivity index (χ0v) is 15.2. The van der Waals surface area contributed by atoms with Crippen molar-refractivity contribution >= 4 is 27.5 Å². The Kier molecular flexibility index (Phi) is 4.53. The average Bonchev–Trinajstić information content (AvgIpc) is 3.25. The van der Waals surface area contributed by atoms with Gasteiger partial charge in [-0.2, -0.15) is 0 Å². The van der Waals surface area contributed by atoms with Gasteiger partial charge in [-0.1, -0.05) is 12.1 Å². The highest BCUT2D eigenvalue weighted by Gasteiger charge is 2.26. The molecule has 5 nitrogen and oxygen atoms in total. The van der Waals surface area contributed by atoms with E-state index >= 15 is 0 Å². The summed E-state index contributed by atoms with van der Waals surface area (Å²) in [6.07, 6.45) is 7.22. The predicted molar refractivity (Wildman–Crippen MR) is 99.7 cm³/mol. The molecule has 1 fully saturated rings. The number of rotatable bonds is 4. The summed E-state index contributed by atoms with van der Waals surface area (Å²) in [5.74, 6) is 1.67. The van der Waals surface area contributed by atoms with Crippen LogP contribution in [0.15, 0.2) is 36.7 Å². The Morgan fingerprint density at radius 3 is 3.04 bits per heavy atom. The van der Waals surface area contributed by atoms with E-state index < -0.39 is 0 Å². The van der Waals surface area contributed by atoms with Gasteiger partial charge in [0, 0.05) is 51.3 Å². The number of nitrogens with zero attached hydrogens (tertiary/aromatic N) is 4. The number of hydrogen-bond donors (Lipinski definition) is 0. The van der Waals surface area contributed by atoms with E-state index in [0.29, 0.717) is 12.3 Å². The molecular formula is C19H22N4OS. The Morgan fingerprint density at radius 2 is 2.24 bits per heavy atom. The molecule has 1 aliphatic heterocycles. The molecule has 0 N–H and O–H groups in total. The third-order valence-corrected chi connectivity index (χ3v) is 5.98. The summed E-state index contributed by atoms with van der Waals surface area (Å²) in [5.41, 5.74) is 1.03. The average molecular weight is 354 g/mol. The fourth-order valence-corrected chi connectivity index (χ4v) is 4.55. The minimum Gasteiger partial charge on any atom is -0.342 e. The summed E-state index contributed by atoms with van der Waals surface area (Å²) < 4.78 is 3.26. The number of aryl methyl sites for hydroxylation is 2. The lowest BCUT2D eigenvalue weighted by Gasteiger charge is -2.32. The number of imidazole rings is 1. The van der Waals surface area contributed by atoms with Gasteiger partial charge in [0.1, 0.15) is 5.82 Å². The fourth-order valence-electron chi connectivity index (χ4n) is 3.58. The fraction of sp³-hybridized carbons (Fsp3) is 0.421. The van der Waals surface area contributed by atoms with E-state index in [9.17, 15) is 4.79 Å². The first-order valence-electron chi connectivity index (χ1n) is 8.80. The highest BCUT2D eigenvalue weighted by molar-refractivity contribution is 7.18. The number of benzene rings is 1. The molecule has 1 amide bonds. The van der Waals surface area contributed by atoms with Crippen LogP contribution in [0.4, 0.5) is 0 Å². The van der Waals surface area contributed by atoms with Crippen LogP contribution in [0.25, 0.3) is 10.2 Å². The molecule has 1 saturated heterocycles.